The third-order valence-corrected chi connectivity index (χ3v) is 8.77. The van der Waals surface area contributed by atoms with Crippen molar-refractivity contribution in [1.29, 1.82) is 0 Å². The van der Waals surface area contributed by atoms with Crippen LogP contribution in [0.2, 0.25) is 0 Å². The zero-order chi connectivity index (χ0) is 27.5. The maximum absolute atomic E-state index is 15.3. The number of pyridine rings is 1. The average molecular weight is 519 g/mol. The fourth-order valence-electron chi connectivity index (χ4n) is 6.67. The van der Waals surface area contributed by atoms with Gasteiger partial charge in [-0.15, -0.1) is 0 Å². The molecule has 3 atom stereocenters. The van der Waals surface area contributed by atoms with Gasteiger partial charge in [-0.3, -0.25) is 4.98 Å². The lowest BCUT2D eigenvalue weighted by Crippen LogP contribution is -2.45. The van der Waals surface area contributed by atoms with E-state index in [1.54, 1.807) is 12.1 Å². The fourth-order valence-corrected chi connectivity index (χ4v) is 6.67. The molecule has 2 aromatic carbocycles. The molecule has 0 aliphatic heterocycles. The lowest BCUT2D eigenvalue weighted by molar-refractivity contribution is 0.135. The lowest BCUT2D eigenvalue weighted by atomic mass is 9.57. The minimum Gasteiger partial charge on any atom is -0.523 e. The number of aromatic nitrogens is 3. The van der Waals surface area contributed by atoms with Crippen LogP contribution in [0.4, 0.5) is 4.39 Å². The second kappa shape index (κ2) is 9.27. The molecule has 6 heteroatoms. The van der Waals surface area contributed by atoms with Crippen LogP contribution in [0.15, 0.2) is 66.1 Å². The molecule has 2 aliphatic rings. The van der Waals surface area contributed by atoms with Gasteiger partial charge in [-0.1, -0.05) is 58.0 Å². The van der Waals surface area contributed by atoms with Gasteiger partial charge in [0.05, 0.1) is 29.2 Å². The third kappa shape index (κ3) is 3.91. The van der Waals surface area contributed by atoms with E-state index in [1.807, 2.05) is 37.3 Å². The van der Waals surface area contributed by atoms with Crippen molar-refractivity contribution in [3.8, 4) is 22.6 Å². The Morgan fingerprint density at radius 2 is 1.79 bits per heavy atom. The summed E-state index contributed by atoms with van der Waals surface area (Å²) in [4.78, 5) is 18.9. The Labute approximate surface area is 228 Å². The normalized spacial score (nSPS) is 22.5. The summed E-state index contributed by atoms with van der Waals surface area (Å²) >= 11 is 0. The number of rotatable bonds is 3. The molecule has 0 saturated carbocycles. The van der Waals surface area contributed by atoms with E-state index < -0.39 is 5.41 Å². The standard InChI is InChI=1S/C33H31FN4O/c1-18(2)27-16-23(20-10-7-9-13-26(20)36-27)32-37-29(21-11-6-8-12-25(21)34)22-14-15-24-19(3)30(39)28(35-5)17-33(24,4)31(22)38-32/h6-13,16,18-19,24,39H,14-15,17H2,1-4H3/t19-,24-,33-/m1/s1. The van der Waals surface area contributed by atoms with Gasteiger partial charge in [-0.2, -0.15) is 0 Å². The van der Waals surface area contributed by atoms with E-state index >= 15 is 4.39 Å². The van der Waals surface area contributed by atoms with E-state index in [-0.39, 0.29) is 29.3 Å². The molecular weight excluding hydrogens is 487 g/mol. The molecule has 0 unspecified atom stereocenters. The van der Waals surface area contributed by atoms with Gasteiger partial charge >= 0.3 is 0 Å². The zero-order valence-corrected chi connectivity index (χ0v) is 22.7. The molecule has 4 aromatic rings. The largest absolute Gasteiger partial charge is 0.523 e. The van der Waals surface area contributed by atoms with Gasteiger partial charge in [-0.05, 0) is 55.4 Å². The fraction of sp³-hybridized carbons (Fsp3) is 0.333. The maximum Gasteiger partial charge on any atom is 0.203 e. The maximum atomic E-state index is 15.3. The van der Waals surface area contributed by atoms with Crippen molar-refractivity contribution in [2.75, 3.05) is 0 Å². The number of aliphatic hydroxyl groups is 1. The van der Waals surface area contributed by atoms with Crippen LogP contribution in [-0.2, 0) is 11.8 Å². The highest BCUT2D eigenvalue weighted by atomic mass is 19.1. The molecule has 0 spiro atoms. The first kappa shape index (κ1) is 25.2. The molecule has 6 rings (SSSR count). The van der Waals surface area contributed by atoms with Gasteiger partial charge in [0, 0.05) is 39.1 Å². The van der Waals surface area contributed by atoms with Crippen molar-refractivity contribution in [1.82, 2.24) is 15.0 Å². The van der Waals surface area contributed by atoms with Gasteiger partial charge in [0.2, 0.25) is 5.70 Å². The van der Waals surface area contributed by atoms with Crippen molar-refractivity contribution < 1.29 is 9.50 Å². The highest BCUT2D eigenvalue weighted by Crippen LogP contribution is 2.54. The molecule has 1 N–H and O–H groups in total. The van der Waals surface area contributed by atoms with Gasteiger partial charge in [0.1, 0.15) is 5.82 Å². The van der Waals surface area contributed by atoms with Crippen LogP contribution < -0.4 is 0 Å². The molecule has 0 fully saturated rings. The van der Waals surface area contributed by atoms with E-state index in [0.29, 0.717) is 35.6 Å². The monoisotopic (exact) mass is 518 g/mol. The van der Waals surface area contributed by atoms with Crippen molar-refractivity contribution in [2.24, 2.45) is 11.8 Å². The first-order valence-electron chi connectivity index (χ1n) is 13.6. The van der Waals surface area contributed by atoms with Gasteiger partial charge in [0.15, 0.2) is 5.82 Å². The first-order valence-corrected chi connectivity index (χ1v) is 13.6. The number of nitrogens with zero attached hydrogens (tertiary/aromatic N) is 4. The molecule has 0 radical (unpaired) electrons. The number of aliphatic hydroxyl groups excluding tert-OH is 1. The summed E-state index contributed by atoms with van der Waals surface area (Å²) in [6.07, 6.45) is 1.88. The summed E-state index contributed by atoms with van der Waals surface area (Å²) in [6, 6.07) is 16.8. The summed E-state index contributed by atoms with van der Waals surface area (Å²) in [5.41, 5.74) is 5.41. The Balaban J connectivity index is 1.69. The van der Waals surface area contributed by atoms with Gasteiger partial charge < -0.3 is 5.11 Å². The van der Waals surface area contributed by atoms with E-state index in [0.717, 1.165) is 39.8 Å². The molecule has 2 aliphatic carbocycles. The van der Waals surface area contributed by atoms with E-state index in [9.17, 15) is 5.11 Å². The summed E-state index contributed by atoms with van der Waals surface area (Å²) in [6.45, 7) is 16.1. The second-order valence-corrected chi connectivity index (χ2v) is 11.4. The molecule has 5 nitrogen and oxygen atoms in total. The van der Waals surface area contributed by atoms with Crippen molar-refractivity contribution in [3.05, 3.63) is 100 Å². The summed E-state index contributed by atoms with van der Waals surface area (Å²) in [5, 5.41) is 11.8. The number of allylic oxidation sites excluding steroid dienone is 2. The number of hydrogen-bond donors (Lipinski definition) is 1. The first-order chi connectivity index (χ1) is 18.7. The van der Waals surface area contributed by atoms with Crippen molar-refractivity contribution >= 4 is 10.9 Å². The van der Waals surface area contributed by atoms with Crippen LogP contribution in [0.3, 0.4) is 0 Å². The minimum atomic E-state index is -0.499. The Bertz CT molecular complexity index is 1700. The van der Waals surface area contributed by atoms with Gasteiger partial charge in [-0.25, -0.2) is 19.2 Å². The highest BCUT2D eigenvalue weighted by molar-refractivity contribution is 5.93. The Morgan fingerprint density at radius 3 is 2.54 bits per heavy atom. The summed E-state index contributed by atoms with van der Waals surface area (Å²) in [7, 11) is 0. The van der Waals surface area contributed by atoms with E-state index in [2.05, 4.69) is 31.7 Å². The van der Waals surface area contributed by atoms with Crippen LogP contribution in [-0.4, -0.2) is 20.1 Å². The summed E-state index contributed by atoms with van der Waals surface area (Å²) < 4.78 is 15.3. The SMILES string of the molecule is [C-]#[N+]C1=C(O)[C@H](C)[C@H]2CCc3c(-c4ccccc4F)nc(-c4cc(C(C)C)nc5ccccc45)nc3[C@]2(C)C1. The molecule has 0 bridgehead atoms. The highest BCUT2D eigenvalue weighted by Gasteiger charge is 2.50. The van der Waals surface area contributed by atoms with Crippen molar-refractivity contribution in [2.45, 2.75) is 58.3 Å². The predicted octanol–water partition coefficient (Wildman–Crippen LogP) is 8.17. The number of benzene rings is 2. The molecule has 0 saturated heterocycles. The van der Waals surface area contributed by atoms with Crippen LogP contribution >= 0.6 is 0 Å². The van der Waals surface area contributed by atoms with E-state index in [4.69, 9.17) is 21.5 Å². The molecular formula is C33H31FN4O. The average Bonchev–Trinajstić information content (AvgIpc) is 2.94. The summed E-state index contributed by atoms with van der Waals surface area (Å²) in [5.74, 6) is 0.548. The van der Waals surface area contributed by atoms with Crippen molar-refractivity contribution in [3.63, 3.8) is 0 Å². The topological polar surface area (TPSA) is 63.3 Å². The van der Waals surface area contributed by atoms with Gasteiger partial charge in [0.25, 0.3) is 0 Å². The Morgan fingerprint density at radius 1 is 1.05 bits per heavy atom. The molecule has 2 aromatic heterocycles. The molecule has 39 heavy (non-hydrogen) atoms. The number of fused-ring (bicyclic) bond motifs is 4. The Hall–Kier alpha value is -4.11. The predicted molar refractivity (Wildman–Crippen MR) is 151 cm³/mol. The minimum absolute atomic E-state index is 0.104. The molecule has 2 heterocycles. The molecule has 196 valence electrons. The Kier molecular flexibility index (Phi) is 5.99. The lowest BCUT2D eigenvalue weighted by Gasteiger charge is -2.48. The smallest absolute Gasteiger partial charge is 0.203 e. The third-order valence-electron chi connectivity index (χ3n) is 8.77. The number of halogens is 1. The quantitative estimate of drug-likeness (QED) is 0.278. The zero-order valence-electron chi connectivity index (χ0n) is 22.7. The molecule has 0 amide bonds. The second-order valence-electron chi connectivity index (χ2n) is 11.4. The van der Waals surface area contributed by atoms with E-state index in [1.165, 1.54) is 6.07 Å². The van der Waals surface area contributed by atoms with Crippen LogP contribution in [0.25, 0.3) is 38.4 Å². The number of hydrogen-bond acceptors (Lipinski definition) is 4. The number of para-hydroxylation sites is 1. The van der Waals surface area contributed by atoms with Crippen LogP contribution in [0.1, 0.15) is 63.4 Å². The van der Waals surface area contributed by atoms with Crippen LogP contribution in [0, 0.1) is 24.2 Å². The van der Waals surface area contributed by atoms with Crippen LogP contribution in [0.5, 0.6) is 0 Å².